The molecule has 1 saturated heterocycles. The van der Waals surface area contributed by atoms with Crippen molar-refractivity contribution in [1.82, 2.24) is 9.97 Å². The number of anilines is 1. The number of nitrogens with one attached hydrogen (secondary N) is 1. The van der Waals surface area contributed by atoms with Gasteiger partial charge in [0.25, 0.3) is 5.91 Å². The van der Waals surface area contributed by atoms with Gasteiger partial charge in [0.15, 0.2) is 0 Å². The summed E-state index contributed by atoms with van der Waals surface area (Å²) in [5.74, 6) is -0.918. The van der Waals surface area contributed by atoms with Crippen LogP contribution < -0.4 is 5.32 Å². The molecule has 166 valence electrons. The van der Waals surface area contributed by atoms with Crippen LogP contribution >= 0.6 is 0 Å². The molecule has 7 nitrogen and oxygen atoms in total. The van der Waals surface area contributed by atoms with Crippen molar-refractivity contribution in [2.24, 2.45) is 0 Å². The Bertz CT molecular complexity index is 1120. The van der Waals surface area contributed by atoms with Crippen LogP contribution in [0, 0.1) is 5.82 Å². The normalized spacial score (nSPS) is 25.3. The second-order valence-electron chi connectivity index (χ2n) is 8.05. The van der Waals surface area contributed by atoms with Gasteiger partial charge in [-0.05, 0) is 44.2 Å². The van der Waals surface area contributed by atoms with Crippen LogP contribution in [0.15, 0.2) is 60.9 Å². The lowest BCUT2D eigenvalue weighted by Crippen LogP contribution is -2.54. The highest BCUT2D eigenvalue weighted by atomic mass is 19.1. The van der Waals surface area contributed by atoms with E-state index in [9.17, 15) is 19.4 Å². The molecule has 0 unspecified atom stereocenters. The molecule has 1 aliphatic rings. The quantitative estimate of drug-likeness (QED) is 0.577. The third-order valence-corrected chi connectivity index (χ3v) is 5.88. The highest BCUT2D eigenvalue weighted by Gasteiger charge is 2.44. The van der Waals surface area contributed by atoms with Crippen LogP contribution in [0.1, 0.15) is 42.4 Å². The summed E-state index contributed by atoms with van der Waals surface area (Å²) in [6, 6.07) is 12.7. The van der Waals surface area contributed by atoms with E-state index in [1.165, 1.54) is 25.3 Å². The van der Waals surface area contributed by atoms with E-state index in [-0.39, 0.29) is 12.1 Å². The summed E-state index contributed by atoms with van der Waals surface area (Å²) < 4.78 is 20.1. The van der Waals surface area contributed by atoms with Crippen LogP contribution in [0.3, 0.4) is 0 Å². The van der Waals surface area contributed by atoms with E-state index in [2.05, 4.69) is 15.3 Å². The Balaban J connectivity index is 1.58. The summed E-state index contributed by atoms with van der Waals surface area (Å²) in [4.78, 5) is 21.3. The number of amides is 1. The molecule has 1 aromatic carbocycles. The number of aromatic nitrogens is 2. The molecule has 32 heavy (non-hydrogen) atoms. The molecule has 0 saturated carbocycles. The second-order valence-corrected chi connectivity index (χ2v) is 8.05. The van der Waals surface area contributed by atoms with E-state index >= 15 is 0 Å². The number of carbonyl (C=O) groups is 1. The zero-order chi connectivity index (χ0) is 22.9. The topological polar surface area (TPSA) is 105 Å². The number of ether oxygens (including phenoxy) is 1. The molecule has 1 amide bonds. The first-order chi connectivity index (χ1) is 15.3. The van der Waals surface area contributed by atoms with Gasteiger partial charge in [-0.1, -0.05) is 18.2 Å². The zero-order valence-electron chi connectivity index (χ0n) is 17.7. The van der Waals surface area contributed by atoms with Gasteiger partial charge in [-0.25, -0.2) is 9.37 Å². The first-order valence-corrected chi connectivity index (χ1v) is 10.3. The minimum atomic E-state index is -1.37. The number of pyridine rings is 2. The molecule has 4 atom stereocenters. The molecule has 0 radical (unpaired) electrons. The Kier molecular flexibility index (Phi) is 6.01. The summed E-state index contributed by atoms with van der Waals surface area (Å²) >= 11 is 0. The first kappa shape index (κ1) is 22.0. The van der Waals surface area contributed by atoms with E-state index < -0.39 is 35.6 Å². The number of benzene rings is 1. The molecule has 0 aliphatic carbocycles. The number of hydrogen-bond acceptors (Lipinski definition) is 6. The fourth-order valence-corrected chi connectivity index (χ4v) is 3.71. The predicted octanol–water partition coefficient (Wildman–Crippen LogP) is 3.50. The number of aliphatic hydroxyl groups excluding tert-OH is 1. The summed E-state index contributed by atoms with van der Waals surface area (Å²) in [6.45, 7) is 3.22. The maximum absolute atomic E-state index is 14.1. The van der Waals surface area contributed by atoms with E-state index in [1.54, 1.807) is 49.5 Å². The van der Waals surface area contributed by atoms with Gasteiger partial charge in [0.05, 0.1) is 35.9 Å². The smallest absolute Gasteiger partial charge is 0.274 e. The molecule has 0 spiro atoms. The van der Waals surface area contributed by atoms with Crippen molar-refractivity contribution in [3.05, 3.63) is 78.0 Å². The van der Waals surface area contributed by atoms with Gasteiger partial charge in [0.1, 0.15) is 17.1 Å². The standard InChI is InChI=1S/C24H24FN3O4/c1-14-24(2,31)22(29)12-21(32-14)16-10-11-26-13-20(16)28-23(30)19-9-5-8-18(27-19)15-6-3-4-7-17(15)25/h3-11,13-14,21-22,29,31H,12H2,1-2H3,(H,28,30)/t14-,21-,22-,24-/m1/s1. The van der Waals surface area contributed by atoms with E-state index in [0.29, 0.717) is 22.5 Å². The summed E-state index contributed by atoms with van der Waals surface area (Å²) in [5, 5.41) is 23.6. The average Bonchev–Trinajstić information content (AvgIpc) is 2.78. The molecule has 1 fully saturated rings. The van der Waals surface area contributed by atoms with E-state index in [0.717, 1.165) is 0 Å². The van der Waals surface area contributed by atoms with Gasteiger partial charge in [-0.3, -0.25) is 9.78 Å². The van der Waals surface area contributed by atoms with Crippen molar-refractivity contribution < 1.29 is 24.1 Å². The Labute approximate surface area is 184 Å². The van der Waals surface area contributed by atoms with Crippen molar-refractivity contribution >= 4 is 11.6 Å². The number of hydrogen-bond donors (Lipinski definition) is 3. The van der Waals surface area contributed by atoms with Crippen LogP contribution in [0.25, 0.3) is 11.3 Å². The molecular weight excluding hydrogens is 413 g/mol. The van der Waals surface area contributed by atoms with Crippen molar-refractivity contribution in [3.63, 3.8) is 0 Å². The molecule has 2 aromatic heterocycles. The lowest BCUT2D eigenvalue weighted by Gasteiger charge is -2.43. The largest absolute Gasteiger partial charge is 0.390 e. The average molecular weight is 437 g/mol. The second kappa shape index (κ2) is 8.74. The highest BCUT2D eigenvalue weighted by molar-refractivity contribution is 6.03. The van der Waals surface area contributed by atoms with Crippen LogP contribution in [0.5, 0.6) is 0 Å². The van der Waals surface area contributed by atoms with Gasteiger partial charge in [-0.15, -0.1) is 0 Å². The first-order valence-electron chi connectivity index (χ1n) is 10.3. The molecule has 4 rings (SSSR count). The fourth-order valence-electron chi connectivity index (χ4n) is 3.71. The Morgan fingerprint density at radius 1 is 1.22 bits per heavy atom. The maximum atomic E-state index is 14.1. The summed E-state index contributed by atoms with van der Waals surface area (Å²) in [7, 11) is 0. The van der Waals surface area contributed by atoms with Crippen molar-refractivity contribution in [1.29, 1.82) is 0 Å². The minimum Gasteiger partial charge on any atom is -0.390 e. The fraction of sp³-hybridized carbons (Fsp3) is 0.292. The zero-order valence-corrected chi connectivity index (χ0v) is 17.7. The molecule has 8 heteroatoms. The number of carbonyl (C=O) groups excluding carboxylic acids is 1. The van der Waals surface area contributed by atoms with Gasteiger partial charge >= 0.3 is 0 Å². The van der Waals surface area contributed by atoms with Gasteiger partial charge in [0, 0.05) is 23.7 Å². The Hall–Kier alpha value is -3.20. The Morgan fingerprint density at radius 2 is 2.00 bits per heavy atom. The predicted molar refractivity (Wildman–Crippen MR) is 116 cm³/mol. The van der Waals surface area contributed by atoms with Gasteiger partial charge in [-0.2, -0.15) is 0 Å². The third kappa shape index (κ3) is 4.25. The summed E-state index contributed by atoms with van der Waals surface area (Å²) in [5.41, 5.74) is 0.416. The third-order valence-electron chi connectivity index (χ3n) is 5.88. The maximum Gasteiger partial charge on any atom is 0.274 e. The van der Waals surface area contributed by atoms with Crippen molar-refractivity contribution in [2.75, 3.05) is 5.32 Å². The monoisotopic (exact) mass is 437 g/mol. The Morgan fingerprint density at radius 3 is 2.75 bits per heavy atom. The van der Waals surface area contributed by atoms with Gasteiger partial charge in [0.2, 0.25) is 0 Å². The van der Waals surface area contributed by atoms with Crippen LogP contribution in [-0.4, -0.2) is 43.9 Å². The number of aliphatic hydroxyl groups is 2. The molecule has 0 bridgehead atoms. The summed E-state index contributed by atoms with van der Waals surface area (Å²) in [6.07, 6.45) is 1.05. The van der Waals surface area contributed by atoms with Crippen LogP contribution in [-0.2, 0) is 4.74 Å². The number of halogens is 1. The van der Waals surface area contributed by atoms with Crippen LogP contribution in [0.2, 0.25) is 0 Å². The molecule has 3 N–H and O–H groups in total. The molecule has 3 aromatic rings. The SMILES string of the molecule is C[C@H]1O[C@@H](c2ccncc2NC(=O)c2cccc(-c3ccccc3F)n2)C[C@@H](O)[C@]1(C)O. The van der Waals surface area contributed by atoms with E-state index in [4.69, 9.17) is 4.74 Å². The van der Waals surface area contributed by atoms with Crippen LogP contribution in [0.4, 0.5) is 10.1 Å². The van der Waals surface area contributed by atoms with Gasteiger partial charge < -0.3 is 20.3 Å². The van der Waals surface area contributed by atoms with E-state index in [1.807, 2.05) is 0 Å². The molecule has 1 aliphatic heterocycles. The lowest BCUT2D eigenvalue weighted by atomic mass is 9.84. The highest BCUT2D eigenvalue weighted by Crippen LogP contribution is 2.39. The van der Waals surface area contributed by atoms with Crippen molar-refractivity contribution in [2.45, 2.75) is 44.2 Å². The van der Waals surface area contributed by atoms with Crippen molar-refractivity contribution in [3.8, 4) is 11.3 Å². The number of rotatable bonds is 4. The number of nitrogens with zero attached hydrogens (tertiary/aromatic N) is 2. The minimum absolute atomic E-state index is 0.112. The lowest BCUT2D eigenvalue weighted by molar-refractivity contribution is -0.215. The molecular formula is C24H24FN3O4. The molecule has 3 heterocycles.